The third-order valence-electron chi connectivity index (χ3n) is 1.12. The van der Waals surface area contributed by atoms with E-state index in [0.29, 0.717) is 0 Å². The minimum Gasteiger partial charge on any atom is -0.313 e. The van der Waals surface area contributed by atoms with Gasteiger partial charge >= 0.3 is 0 Å². The van der Waals surface area contributed by atoms with Crippen LogP contribution in [0.4, 0.5) is 0 Å². The quantitative estimate of drug-likeness (QED) is 0.545. The van der Waals surface area contributed by atoms with Gasteiger partial charge in [-0.3, -0.25) is 0 Å². The highest BCUT2D eigenvalue weighted by atomic mass is 14.8. The average molecular weight is 113 g/mol. The van der Waals surface area contributed by atoms with E-state index in [2.05, 4.69) is 25.7 Å². The zero-order valence-corrected chi connectivity index (χ0v) is 5.83. The van der Waals surface area contributed by atoms with Crippen LogP contribution in [0.5, 0.6) is 0 Å². The largest absolute Gasteiger partial charge is 0.313 e. The van der Waals surface area contributed by atoms with Crippen LogP contribution in [0.3, 0.4) is 0 Å². The first-order valence-electron chi connectivity index (χ1n) is 3.18. The van der Waals surface area contributed by atoms with Crippen molar-refractivity contribution >= 4 is 0 Å². The van der Waals surface area contributed by atoms with Gasteiger partial charge in [0.15, 0.2) is 0 Å². The number of hydrogen-bond acceptors (Lipinski definition) is 1. The van der Waals surface area contributed by atoms with E-state index in [1.807, 2.05) is 0 Å². The predicted octanol–water partition coefficient (Wildman–Crippen LogP) is 1.56. The Labute approximate surface area is 51.8 Å². The third-order valence-corrected chi connectivity index (χ3v) is 1.12. The summed E-state index contributed by atoms with van der Waals surface area (Å²) in [4.78, 5) is 0. The van der Waals surface area contributed by atoms with Gasteiger partial charge in [-0.15, -0.1) is 0 Å². The molecular formula is C7H15N. The van der Waals surface area contributed by atoms with Crippen LogP contribution in [0, 0.1) is 0 Å². The lowest BCUT2D eigenvalue weighted by Crippen LogP contribution is -2.15. The summed E-state index contributed by atoms with van der Waals surface area (Å²) >= 11 is 0. The fourth-order valence-corrected chi connectivity index (χ4v) is 0.427. The Morgan fingerprint density at radius 2 is 2.12 bits per heavy atom. The van der Waals surface area contributed by atoms with E-state index < -0.39 is 0 Å². The maximum absolute atomic E-state index is 3.85. The first-order chi connectivity index (χ1) is 3.81. The standard InChI is InChI=1S/C7H15N/c1-4-7(3)6-8-5-2/h8H,3-6H2,1-2H3. The Morgan fingerprint density at radius 3 is 2.50 bits per heavy atom. The highest BCUT2D eigenvalue weighted by molar-refractivity contribution is 4.94. The lowest BCUT2D eigenvalue weighted by Gasteiger charge is -2.00. The van der Waals surface area contributed by atoms with Gasteiger partial charge in [-0.05, 0) is 13.0 Å². The molecule has 1 N–H and O–H groups in total. The summed E-state index contributed by atoms with van der Waals surface area (Å²) in [5.74, 6) is 0. The van der Waals surface area contributed by atoms with E-state index in [-0.39, 0.29) is 0 Å². The normalized spacial score (nSPS) is 9.25. The molecule has 0 aromatic carbocycles. The van der Waals surface area contributed by atoms with Gasteiger partial charge in [0.05, 0.1) is 0 Å². The van der Waals surface area contributed by atoms with Gasteiger partial charge in [-0.2, -0.15) is 0 Å². The van der Waals surface area contributed by atoms with Gasteiger partial charge in [0, 0.05) is 6.54 Å². The van der Waals surface area contributed by atoms with Crippen LogP contribution >= 0.6 is 0 Å². The molecule has 1 heteroatoms. The van der Waals surface area contributed by atoms with Crippen LogP contribution in [-0.2, 0) is 0 Å². The van der Waals surface area contributed by atoms with Crippen LogP contribution < -0.4 is 5.32 Å². The fourth-order valence-electron chi connectivity index (χ4n) is 0.427. The molecule has 0 saturated carbocycles. The van der Waals surface area contributed by atoms with E-state index in [4.69, 9.17) is 0 Å². The second-order valence-electron chi connectivity index (χ2n) is 1.88. The molecule has 48 valence electrons. The summed E-state index contributed by atoms with van der Waals surface area (Å²) in [6.45, 7) is 10.1. The summed E-state index contributed by atoms with van der Waals surface area (Å²) in [7, 11) is 0. The van der Waals surface area contributed by atoms with Gasteiger partial charge in [-0.25, -0.2) is 0 Å². The molecule has 8 heavy (non-hydrogen) atoms. The molecule has 0 aliphatic rings. The Morgan fingerprint density at radius 1 is 1.50 bits per heavy atom. The Balaban J connectivity index is 2.99. The van der Waals surface area contributed by atoms with Crippen molar-refractivity contribution in [2.75, 3.05) is 13.1 Å². The summed E-state index contributed by atoms with van der Waals surface area (Å²) in [5, 5.41) is 3.20. The lowest BCUT2D eigenvalue weighted by atomic mass is 10.2. The summed E-state index contributed by atoms with van der Waals surface area (Å²) in [6, 6.07) is 0. The first-order valence-corrected chi connectivity index (χ1v) is 3.18. The molecule has 0 aromatic rings. The second kappa shape index (κ2) is 4.85. The summed E-state index contributed by atoms with van der Waals surface area (Å²) in [6.07, 6.45) is 1.09. The molecule has 0 heterocycles. The van der Waals surface area contributed by atoms with Crippen molar-refractivity contribution in [3.05, 3.63) is 12.2 Å². The van der Waals surface area contributed by atoms with E-state index in [9.17, 15) is 0 Å². The van der Waals surface area contributed by atoms with Gasteiger partial charge in [0.1, 0.15) is 0 Å². The van der Waals surface area contributed by atoms with Crippen LogP contribution in [0.2, 0.25) is 0 Å². The molecule has 0 saturated heterocycles. The zero-order valence-electron chi connectivity index (χ0n) is 5.83. The minimum atomic E-state index is 0.979. The molecule has 0 rings (SSSR count). The van der Waals surface area contributed by atoms with Gasteiger partial charge in [0.25, 0.3) is 0 Å². The van der Waals surface area contributed by atoms with Crippen LogP contribution in [-0.4, -0.2) is 13.1 Å². The Hall–Kier alpha value is -0.300. The highest BCUT2D eigenvalue weighted by Crippen LogP contribution is 1.91. The number of hydrogen-bond donors (Lipinski definition) is 1. The molecule has 0 aromatic heterocycles. The molecule has 0 unspecified atom stereocenters. The fraction of sp³-hybridized carbons (Fsp3) is 0.714. The van der Waals surface area contributed by atoms with Crippen molar-refractivity contribution in [2.45, 2.75) is 20.3 Å². The smallest absolute Gasteiger partial charge is 0.0161 e. The third kappa shape index (κ3) is 3.88. The van der Waals surface area contributed by atoms with Gasteiger partial charge < -0.3 is 5.32 Å². The van der Waals surface area contributed by atoms with Crippen molar-refractivity contribution in [1.29, 1.82) is 0 Å². The maximum atomic E-state index is 3.85. The maximum Gasteiger partial charge on any atom is 0.0161 e. The highest BCUT2D eigenvalue weighted by Gasteiger charge is 1.84. The number of likely N-dealkylation sites (N-methyl/N-ethyl adjacent to an activating group) is 1. The van der Waals surface area contributed by atoms with E-state index in [1.54, 1.807) is 0 Å². The molecule has 0 aliphatic heterocycles. The minimum absolute atomic E-state index is 0.979. The Bertz CT molecular complexity index is 66.8. The van der Waals surface area contributed by atoms with Crippen molar-refractivity contribution in [3.63, 3.8) is 0 Å². The second-order valence-corrected chi connectivity index (χ2v) is 1.88. The molecule has 0 spiro atoms. The summed E-state index contributed by atoms with van der Waals surface area (Å²) < 4.78 is 0. The van der Waals surface area contributed by atoms with Gasteiger partial charge in [-0.1, -0.05) is 26.0 Å². The molecule has 0 radical (unpaired) electrons. The SMILES string of the molecule is C=C(CC)CNCC. The average Bonchev–Trinajstić information content (AvgIpc) is 1.83. The lowest BCUT2D eigenvalue weighted by molar-refractivity contribution is 0.761. The molecule has 1 nitrogen and oxygen atoms in total. The summed E-state index contributed by atoms with van der Waals surface area (Å²) in [5.41, 5.74) is 1.28. The monoisotopic (exact) mass is 113 g/mol. The van der Waals surface area contributed by atoms with E-state index in [1.165, 1.54) is 5.57 Å². The van der Waals surface area contributed by atoms with Crippen LogP contribution in [0.1, 0.15) is 20.3 Å². The van der Waals surface area contributed by atoms with Gasteiger partial charge in [0.2, 0.25) is 0 Å². The van der Waals surface area contributed by atoms with E-state index in [0.717, 1.165) is 19.5 Å². The molecule has 0 fully saturated rings. The molecule has 0 aliphatic carbocycles. The van der Waals surface area contributed by atoms with Crippen LogP contribution in [0.15, 0.2) is 12.2 Å². The molecule has 0 amide bonds. The van der Waals surface area contributed by atoms with Crippen molar-refractivity contribution in [1.82, 2.24) is 5.32 Å². The first kappa shape index (κ1) is 7.70. The van der Waals surface area contributed by atoms with Crippen molar-refractivity contribution < 1.29 is 0 Å². The molecule has 0 atom stereocenters. The topological polar surface area (TPSA) is 12.0 Å². The molecular weight excluding hydrogens is 98.1 g/mol. The number of rotatable bonds is 4. The number of nitrogens with one attached hydrogen (secondary N) is 1. The predicted molar refractivity (Wildman–Crippen MR) is 38.0 cm³/mol. The van der Waals surface area contributed by atoms with E-state index >= 15 is 0 Å². The zero-order chi connectivity index (χ0) is 6.41. The van der Waals surface area contributed by atoms with Crippen molar-refractivity contribution in [2.24, 2.45) is 0 Å². The van der Waals surface area contributed by atoms with Crippen LogP contribution in [0.25, 0.3) is 0 Å². The molecule has 0 bridgehead atoms. The van der Waals surface area contributed by atoms with Crippen molar-refractivity contribution in [3.8, 4) is 0 Å². The Kier molecular flexibility index (Phi) is 4.67.